The number of phenolic OH excluding ortho intramolecular Hbond substituents is 2. The topological polar surface area (TPSA) is 58.3 Å². The number of phenols is 2. The van der Waals surface area contributed by atoms with Gasteiger partial charge in [0.2, 0.25) is 0 Å². The van der Waals surface area contributed by atoms with E-state index in [2.05, 4.69) is 4.98 Å². The normalized spacial score (nSPS) is 10.4. The van der Waals surface area contributed by atoms with Crippen molar-refractivity contribution in [1.29, 1.82) is 0 Å². The van der Waals surface area contributed by atoms with E-state index in [0.717, 1.165) is 0 Å². The number of imidazole rings is 1. The van der Waals surface area contributed by atoms with Crippen molar-refractivity contribution in [2.45, 2.75) is 0 Å². The molecule has 0 aliphatic rings. The quantitative estimate of drug-likeness (QED) is 0.716. The van der Waals surface area contributed by atoms with Crippen molar-refractivity contribution in [3.63, 3.8) is 0 Å². The molecular formula is C10H10N2O2. The van der Waals surface area contributed by atoms with Gasteiger partial charge < -0.3 is 14.8 Å². The molecule has 0 aliphatic heterocycles. The number of benzene rings is 1. The summed E-state index contributed by atoms with van der Waals surface area (Å²) in [6.45, 7) is 0. The number of aromatic hydroxyl groups is 2. The van der Waals surface area contributed by atoms with Gasteiger partial charge in [-0.1, -0.05) is 0 Å². The fraction of sp³-hybridized carbons (Fsp3) is 0.100. The lowest BCUT2D eigenvalue weighted by Gasteiger charge is -2.04. The second-order valence-electron chi connectivity index (χ2n) is 3.06. The Morgan fingerprint density at radius 3 is 2.64 bits per heavy atom. The SMILES string of the molecule is Cn1ccnc1-c1ccc(O)cc1O. The predicted octanol–water partition coefficient (Wildman–Crippen LogP) is 1.50. The summed E-state index contributed by atoms with van der Waals surface area (Å²) in [6.07, 6.45) is 3.45. The van der Waals surface area contributed by atoms with Gasteiger partial charge in [0.25, 0.3) is 0 Å². The van der Waals surface area contributed by atoms with E-state index in [0.29, 0.717) is 11.4 Å². The zero-order valence-electron chi connectivity index (χ0n) is 7.68. The maximum absolute atomic E-state index is 9.57. The maximum atomic E-state index is 9.57. The van der Waals surface area contributed by atoms with Crippen LogP contribution in [0.3, 0.4) is 0 Å². The van der Waals surface area contributed by atoms with E-state index in [1.54, 1.807) is 23.0 Å². The van der Waals surface area contributed by atoms with Gasteiger partial charge in [0, 0.05) is 25.5 Å². The summed E-state index contributed by atoms with van der Waals surface area (Å²) < 4.78 is 1.80. The monoisotopic (exact) mass is 190 g/mol. The van der Waals surface area contributed by atoms with E-state index in [1.807, 2.05) is 7.05 Å². The smallest absolute Gasteiger partial charge is 0.143 e. The average Bonchev–Trinajstić information content (AvgIpc) is 2.52. The van der Waals surface area contributed by atoms with Crippen molar-refractivity contribution in [3.05, 3.63) is 30.6 Å². The number of hydrogen-bond donors (Lipinski definition) is 2. The van der Waals surface area contributed by atoms with Crippen LogP contribution < -0.4 is 0 Å². The molecule has 1 heterocycles. The van der Waals surface area contributed by atoms with Crippen LogP contribution in [0.5, 0.6) is 11.5 Å². The first-order valence-electron chi connectivity index (χ1n) is 4.18. The molecule has 0 saturated carbocycles. The van der Waals surface area contributed by atoms with Gasteiger partial charge >= 0.3 is 0 Å². The van der Waals surface area contributed by atoms with Gasteiger partial charge in [0.05, 0.1) is 5.56 Å². The molecule has 4 nitrogen and oxygen atoms in total. The average molecular weight is 190 g/mol. The second kappa shape index (κ2) is 3.06. The van der Waals surface area contributed by atoms with Gasteiger partial charge in [-0.05, 0) is 12.1 Å². The lowest BCUT2D eigenvalue weighted by molar-refractivity contribution is 0.451. The van der Waals surface area contributed by atoms with Gasteiger partial charge in [-0.15, -0.1) is 0 Å². The van der Waals surface area contributed by atoms with Crippen molar-refractivity contribution >= 4 is 0 Å². The fourth-order valence-corrected chi connectivity index (χ4v) is 1.33. The van der Waals surface area contributed by atoms with Gasteiger partial charge in [-0.25, -0.2) is 4.98 Å². The Labute approximate surface area is 81.1 Å². The third-order valence-corrected chi connectivity index (χ3v) is 2.04. The molecular weight excluding hydrogens is 180 g/mol. The van der Waals surface area contributed by atoms with Crippen molar-refractivity contribution < 1.29 is 10.2 Å². The second-order valence-corrected chi connectivity index (χ2v) is 3.06. The van der Waals surface area contributed by atoms with Crippen molar-refractivity contribution in [3.8, 4) is 22.9 Å². The molecule has 0 amide bonds. The molecule has 4 heteroatoms. The summed E-state index contributed by atoms with van der Waals surface area (Å²) in [7, 11) is 1.84. The third kappa shape index (κ3) is 1.31. The number of aryl methyl sites for hydroxylation is 1. The summed E-state index contributed by atoms with van der Waals surface area (Å²) in [5.74, 6) is 0.738. The Hall–Kier alpha value is -1.97. The molecule has 0 aliphatic carbocycles. The van der Waals surface area contributed by atoms with E-state index in [-0.39, 0.29) is 11.5 Å². The minimum atomic E-state index is 0.0271. The summed E-state index contributed by atoms with van der Waals surface area (Å²) in [4.78, 5) is 4.10. The number of nitrogens with zero attached hydrogens (tertiary/aromatic N) is 2. The summed E-state index contributed by atoms with van der Waals surface area (Å²) in [5, 5.41) is 18.7. The minimum absolute atomic E-state index is 0.0271. The summed E-state index contributed by atoms with van der Waals surface area (Å²) in [5.41, 5.74) is 0.607. The molecule has 0 atom stereocenters. The molecule has 0 unspecified atom stereocenters. The van der Waals surface area contributed by atoms with Gasteiger partial charge in [0.15, 0.2) is 0 Å². The molecule has 2 aromatic rings. The molecule has 1 aromatic carbocycles. The lowest BCUT2D eigenvalue weighted by atomic mass is 10.2. The number of rotatable bonds is 1. The molecule has 0 spiro atoms. The Morgan fingerprint density at radius 2 is 2.07 bits per heavy atom. The fourth-order valence-electron chi connectivity index (χ4n) is 1.33. The molecule has 0 radical (unpaired) electrons. The van der Waals surface area contributed by atoms with E-state index in [1.165, 1.54) is 12.1 Å². The van der Waals surface area contributed by atoms with E-state index >= 15 is 0 Å². The van der Waals surface area contributed by atoms with Crippen LogP contribution in [0.2, 0.25) is 0 Å². The third-order valence-electron chi connectivity index (χ3n) is 2.04. The van der Waals surface area contributed by atoms with Crippen molar-refractivity contribution in [2.24, 2.45) is 7.05 Å². The first-order chi connectivity index (χ1) is 6.68. The Balaban J connectivity index is 2.58. The van der Waals surface area contributed by atoms with Gasteiger partial charge in [-0.3, -0.25) is 0 Å². The van der Waals surface area contributed by atoms with Crippen LogP contribution in [-0.2, 0) is 7.05 Å². The van der Waals surface area contributed by atoms with Crippen LogP contribution in [0.25, 0.3) is 11.4 Å². The minimum Gasteiger partial charge on any atom is -0.508 e. The largest absolute Gasteiger partial charge is 0.508 e. The van der Waals surface area contributed by atoms with Crippen LogP contribution in [0, 0.1) is 0 Å². The van der Waals surface area contributed by atoms with Crippen LogP contribution in [0.4, 0.5) is 0 Å². The van der Waals surface area contributed by atoms with Gasteiger partial charge in [-0.2, -0.15) is 0 Å². The van der Waals surface area contributed by atoms with Crippen LogP contribution >= 0.6 is 0 Å². The van der Waals surface area contributed by atoms with E-state index < -0.39 is 0 Å². The highest BCUT2D eigenvalue weighted by Gasteiger charge is 2.08. The first kappa shape index (κ1) is 8.62. The number of aromatic nitrogens is 2. The van der Waals surface area contributed by atoms with Crippen molar-refractivity contribution in [2.75, 3.05) is 0 Å². The molecule has 0 bridgehead atoms. The maximum Gasteiger partial charge on any atom is 0.143 e. The summed E-state index contributed by atoms with van der Waals surface area (Å²) >= 11 is 0. The number of hydrogen-bond acceptors (Lipinski definition) is 3. The first-order valence-corrected chi connectivity index (χ1v) is 4.18. The Kier molecular flexibility index (Phi) is 1.89. The van der Waals surface area contributed by atoms with Gasteiger partial charge in [0.1, 0.15) is 17.3 Å². The highest BCUT2D eigenvalue weighted by molar-refractivity contribution is 5.65. The van der Waals surface area contributed by atoms with Crippen LogP contribution in [-0.4, -0.2) is 19.8 Å². The Morgan fingerprint density at radius 1 is 1.29 bits per heavy atom. The lowest BCUT2D eigenvalue weighted by Crippen LogP contribution is -1.91. The molecule has 2 rings (SSSR count). The molecule has 0 fully saturated rings. The molecule has 1 aromatic heterocycles. The highest BCUT2D eigenvalue weighted by atomic mass is 16.3. The molecule has 14 heavy (non-hydrogen) atoms. The zero-order chi connectivity index (χ0) is 10.1. The predicted molar refractivity (Wildman–Crippen MR) is 52.0 cm³/mol. The highest BCUT2D eigenvalue weighted by Crippen LogP contribution is 2.30. The zero-order valence-corrected chi connectivity index (χ0v) is 7.68. The van der Waals surface area contributed by atoms with E-state index in [9.17, 15) is 5.11 Å². The molecule has 2 N–H and O–H groups in total. The van der Waals surface area contributed by atoms with Crippen LogP contribution in [0.15, 0.2) is 30.6 Å². The summed E-state index contributed by atoms with van der Waals surface area (Å²) in [6, 6.07) is 4.45. The van der Waals surface area contributed by atoms with Crippen molar-refractivity contribution in [1.82, 2.24) is 9.55 Å². The molecule has 72 valence electrons. The Bertz CT molecular complexity index is 463. The van der Waals surface area contributed by atoms with E-state index in [4.69, 9.17) is 5.11 Å². The van der Waals surface area contributed by atoms with Crippen LogP contribution in [0.1, 0.15) is 0 Å². The molecule has 0 saturated heterocycles. The standard InChI is InChI=1S/C10H10N2O2/c1-12-5-4-11-10(12)8-3-2-7(13)6-9(8)14/h2-6,13-14H,1H3.